The summed E-state index contributed by atoms with van der Waals surface area (Å²) in [4.78, 5) is 11.5. The molecule has 0 amide bonds. The molecular weight excluding hydrogens is 396 g/mol. The van der Waals surface area contributed by atoms with E-state index in [9.17, 15) is 9.90 Å². The number of hydrogen-bond donors (Lipinski definition) is 1. The molecule has 4 fully saturated rings. The van der Waals surface area contributed by atoms with Gasteiger partial charge in [0.1, 0.15) is 6.10 Å². The minimum atomic E-state index is -0.525. The van der Waals surface area contributed by atoms with Crippen molar-refractivity contribution in [1.82, 2.24) is 0 Å². The molecule has 0 bridgehead atoms. The molecule has 1 N–H and O–H groups in total. The first-order valence-corrected chi connectivity index (χ1v) is 13.2. The van der Waals surface area contributed by atoms with Gasteiger partial charge in [-0.15, -0.1) is 0 Å². The zero-order valence-electron chi connectivity index (χ0n) is 20.3. The fourth-order valence-corrected chi connectivity index (χ4v) is 9.08. The Hall–Kier alpha value is -1.35. The second-order valence-electron chi connectivity index (χ2n) is 12.2. The van der Waals surface area contributed by atoms with E-state index < -0.39 is 5.60 Å². The lowest BCUT2D eigenvalue weighted by atomic mass is 9.44. The molecule has 0 aromatic heterocycles. The van der Waals surface area contributed by atoms with Gasteiger partial charge in [0, 0.05) is 6.92 Å². The Morgan fingerprint density at radius 3 is 2.50 bits per heavy atom. The fraction of sp³-hybridized carbons (Fsp3) is 0.759. The van der Waals surface area contributed by atoms with Crippen LogP contribution in [0.15, 0.2) is 30.3 Å². The molecule has 8 atom stereocenters. The molecule has 0 unspecified atom stereocenters. The van der Waals surface area contributed by atoms with Crippen LogP contribution in [0.2, 0.25) is 0 Å². The average molecular weight is 439 g/mol. The highest BCUT2D eigenvalue weighted by molar-refractivity contribution is 5.66. The molecule has 0 radical (unpaired) electrons. The van der Waals surface area contributed by atoms with Gasteiger partial charge in [0.25, 0.3) is 0 Å². The Labute approximate surface area is 194 Å². The molecule has 0 aliphatic heterocycles. The van der Waals surface area contributed by atoms with Crippen molar-refractivity contribution in [2.45, 2.75) is 103 Å². The number of hydrogen-bond acceptors (Lipinski definition) is 3. The molecule has 5 rings (SSSR count). The Morgan fingerprint density at radius 2 is 1.75 bits per heavy atom. The first-order valence-electron chi connectivity index (χ1n) is 13.2. The predicted molar refractivity (Wildman–Crippen MR) is 127 cm³/mol. The van der Waals surface area contributed by atoms with Crippen molar-refractivity contribution in [3.63, 3.8) is 0 Å². The van der Waals surface area contributed by atoms with Crippen LogP contribution >= 0.6 is 0 Å². The summed E-state index contributed by atoms with van der Waals surface area (Å²) in [5.74, 6) is 2.75. The SMILES string of the molecule is CC(=O)O[C@@H]1CC[C@@]2(C)[C@H](CC[C@@H]3[C@H]4CC[C@](O)(CCc5ccccc5)[C@@]4(C)CC[C@@H]32)C1. The van der Waals surface area contributed by atoms with Crippen molar-refractivity contribution >= 4 is 5.97 Å². The number of ether oxygens (including phenoxy) is 1. The van der Waals surface area contributed by atoms with Crippen LogP contribution in [0, 0.1) is 34.5 Å². The summed E-state index contributed by atoms with van der Waals surface area (Å²) >= 11 is 0. The molecule has 4 saturated carbocycles. The van der Waals surface area contributed by atoms with Crippen molar-refractivity contribution in [3.8, 4) is 0 Å². The highest BCUT2D eigenvalue weighted by Gasteiger charge is 2.64. The molecule has 4 aliphatic carbocycles. The largest absolute Gasteiger partial charge is 0.463 e. The standard InChI is InChI=1S/C29H42O3/c1-20(30)32-23-12-15-27(2)22(19-23)9-10-24-25(27)13-16-28(3)26(24)14-18-29(28,31)17-11-21-7-5-4-6-8-21/h4-8,22-26,31H,9-19H2,1-3H3/t22-,23-,24+,25+,26-,27+,28+,29-/m1/s1. The Kier molecular flexibility index (Phi) is 5.72. The third kappa shape index (κ3) is 3.54. The van der Waals surface area contributed by atoms with Crippen LogP contribution in [-0.4, -0.2) is 22.8 Å². The molecule has 0 saturated heterocycles. The van der Waals surface area contributed by atoms with E-state index in [0.29, 0.717) is 17.3 Å². The smallest absolute Gasteiger partial charge is 0.302 e. The minimum Gasteiger partial charge on any atom is -0.463 e. The molecule has 3 heteroatoms. The van der Waals surface area contributed by atoms with Crippen molar-refractivity contribution in [2.75, 3.05) is 0 Å². The van der Waals surface area contributed by atoms with Crippen molar-refractivity contribution < 1.29 is 14.6 Å². The summed E-state index contributed by atoms with van der Waals surface area (Å²) in [6.45, 7) is 6.53. The number of rotatable bonds is 4. The monoisotopic (exact) mass is 438 g/mol. The van der Waals surface area contributed by atoms with Gasteiger partial charge in [-0.2, -0.15) is 0 Å². The van der Waals surface area contributed by atoms with Gasteiger partial charge in [0.05, 0.1) is 5.60 Å². The summed E-state index contributed by atoms with van der Waals surface area (Å²) in [6.07, 6.45) is 12.4. The van der Waals surface area contributed by atoms with Gasteiger partial charge < -0.3 is 9.84 Å². The second kappa shape index (κ2) is 8.15. The predicted octanol–water partition coefficient (Wildman–Crippen LogP) is 6.32. The van der Waals surface area contributed by atoms with Gasteiger partial charge in [-0.3, -0.25) is 4.79 Å². The van der Waals surface area contributed by atoms with E-state index in [4.69, 9.17) is 4.74 Å². The molecule has 32 heavy (non-hydrogen) atoms. The van der Waals surface area contributed by atoms with Crippen LogP contribution in [0.4, 0.5) is 0 Å². The van der Waals surface area contributed by atoms with Gasteiger partial charge in [-0.25, -0.2) is 0 Å². The quantitative estimate of drug-likeness (QED) is 0.559. The number of fused-ring (bicyclic) bond motifs is 5. The van der Waals surface area contributed by atoms with Gasteiger partial charge in [-0.1, -0.05) is 44.2 Å². The van der Waals surface area contributed by atoms with Gasteiger partial charge in [0.15, 0.2) is 0 Å². The van der Waals surface area contributed by atoms with Crippen molar-refractivity contribution in [3.05, 3.63) is 35.9 Å². The normalized spacial score (nSPS) is 45.4. The molecule has 1 aromatic rings. The van der Waals surface area contributed by atoms with E-state index in [1.807, 2.05) is 0 Å². The highest BCUT2D eigenvalue weighted by Crippen LogP contribution is 2.68. The van der Waals surface area contributed by atoms with Gasteiger partial charge >= 0.3 is 5.97 Å². The zero-order chi connectivity index (χ0) is 22.6. The van der Waals surface area contributed by atoms with E-state index in [0.717, 1.165) is 43.9 Å². The maximum absolute atomic E-state index is 12.0. The Balaban J connectivity index is 1.31. The van der Waals surface area contributed by atoms with Crippen molar-refractivity contribution in [2.24, 2.45) is 34.5 Å². The Bertz CT molecular complexity index is 836. The first-order chi connectivity index (χ1) is 15.3. The van der Waals surface area contributed by atoms with E-state index >= 15 is 0 Å². The zero-order valence-corrected chi connectivity index (χ0v) is 20.3. The number of esters is 1. The molecule has 0 spiro atoms. The third-order valence-electron chi connectivity index (χ3n) is 10.9. The van der Waals surface area contributed by atoms with Crippen LogP contribution < -0.4 is 0 Å². The molecular formula is C29H42O3. The number of carbonyl (C=O) groups is 1. The van der Waals surface area contributed by atoms with E-state index in [-0.39, 0.29) is 17.5 Å². The summed E-state index contributed by atoms with van der Waals surface area (Å²) in [5, 5.41) is 12.0. The molecule has 176 valence electrons. The average Bonchev–Trinajstić information content (AvgIpc) is 3.04. The molecule has 0 heterocycles. The van der Waals surface area contributed by atoms with Crippen LogP contribution in [0.1, 0.15) is 90.5 Å². The molecule has 1 aromatic carbocycles. The maximum atomic E-state index is 12.0. The number of carbonyl (C=O) groups excluding carboxylic acids is 1. The first kappa shape index (κ1) is 22.4. The fourth-order valence-electron chi connectivity index (χ4n) is 9.08. The van der Waals surface area contributed by atoms with Gasteiger partial charge in [-0.05, 0) is 111 Å². The van der Waals surface area contributed by atoms with Crippen LogP contribution in [0.25, 0.3) is 0 Å². The minimum absolute atomic E-state index is 0.0566. The lowest BCUT2D eigenvalue weighted by molar-refractivity contribution is -0.170. The summed E-state index contributed by atoms with van der Waals surface area (Å²) in [6, 6.07) is 10.7. The van der Waals surface area contributed by atoms with Crippen LogP contribution in [-0.2, 0) is 16.0 Å². The molecule has 4 aliphatic rings. The summed E-state index contributed by atoms with van der Waals surface area (Å²) in [5.41, 5.74) is 1.26. The number of benzene rings is 1. The Morgan fingerprint density at radius 1 is 1.00 bits per heavy atom. The molecule has 3 nitrogen and oxygen atoms in total. The lowest BCUT2D eigenvalue weighted by Crippen LogP contribution is -2.57. The van der Waals surface area contributed by atoms with E-state index in [2.05, 4.69) is 44.2 Å². The number of aliphatic hydroxyl groups is 1. The van der Waals surface area contributed by atoms with Crippen molar-refractivity contribution in [1.29, 1.82) is 0 Å². The number of aryl methyl sites for hydroxylation is 1. The maximum Gasteiger partial charge on any atom is 0.302 e. The lowest BCUT2D eigenvalue weighted by Gasteiger charge is -2.61. The van der Waals surface area contributed by atoms with Crippen LogP contribution in [0.5, 0.6) is 0 Å². The van der Waals surface area contributed by atoms with E-state index in [1.165, 1.54) is 44.1 Å². The second-order valence-corrected chi connectivity index (χ2v) is 12.2. The summed E-state index contributed by atoms with van der Waals surface area (Å²) < 4.78 is 5.63. The summed E-state index contributed by atoms with van der Waals surface area (Å²) in [7, 11) is 0. The van der Waals surface area contributed by atoms with Crippen LogP contribution in [0.3, 0.4) is 0 Å². The van der Waals surface area contributed by atoms with E-state index in [1.54, 1.807) is 6.92 Å². The topological polar surface area (TPSA) is 46.5 Å². The third-order valence-corrected chi connectivity index (χ3v) is 10.9. The van der Waals surface area contributed by atoms with Gasteiger partial charge in [0.2, 0.25) is 0 Å². The highest BCUT2D eigenvalue weighted by atomic mass is 16.5.